The lowest BCUT2D eigenvalue weighted by atomic mass is 10.0. The molecule has 1 aromatic heterocycles. The molecule has 132 valence electrons. The van der Waals surface area contributed by atoms with Crippen LogP contribution in [0.5, 0.6) is 0 Å². The highest BCUT2D eigenvalue weighted by Crippen LogP contribution is 2.35. The number of nitrogens with one attached hydrogen (secondary N) is 1. The molecule has 0 spiro atoms. The number of anilines is 1. The Balaban J connectivity index is 1.78. The van der Waals surface area contributed by atoms with Crippen LogP contribution in [-0.2, 0) is 0 Å². The standard InChI is InChI=1S/C18H21N3O3S/c1-10(2)11-3-7-13(8-4-11)25-9-14(22)15-16(19)21(12-5-6-12)18(24)20-17(15)23/h3-4,7-8,10,12H,5-6,9,19H2,1-2H3,(H,20,23,24). The zero-order valence-electron chi connectivity index (χ0n) is 14.2. The number of H-pyrrole nitrogens is 1. The largest absolute Gasteiger partial charge is 0.384 e. The predicted molar refractivity (Wildman–Crippen MR) is 99.6 cm³/mol. The van der Waals surface area contributed by atoms with Gasteiger partial charge in [0.15, 0.2) is 5.78 Å². The Morgan fingerprint density at radius 2 is 1.92 bits per heavy atom. The highest BCUT2D eigenvalue weighted by Gasteiger charge is 2.29. The lowest BCUT2D eigenvalue weighted by molar-refractivity contribution is 0.102. The van der Waals surface area contributed by atoms with E-state index in [-0.39, 0.29) is 29.0 Å². The molecule has 3 N–H and O–H groups in total. The van der Waals surface area contributed by atoms with Gasteiger partial charge >= 0.3 is 5.69 Å². The van der Waals surface area contributed by atoms with Crippen molar-refractivity contribution in [2.24, 2.45) is 0 Å². The van der Waals surface area contributed by atoms with Crippen molar-refractivity contribution in [2.45, 2.75) is 43.5 Å². The topological polar surface area (TPSA) is 97.9 Å². The van der Waals surface area contributed by atoms with E-state index in [1.54, 1.807) is 0 Å². The van der Waals surface area contributed by atoms with Gasteiger partial charge in [0.25, 0.3) is 5.56 Å². The number of nitrogens with zero attached hydrogens (tertiary/aromatic N) is 1. The van der Waals surface area contributed by atoms with Crippen LogP contribution in [0, 0.1) is 0 Å². The SMILES string of the molecule is CC(C)c1ccc(SCC(=O)c2c(N)n(C3CC3)c(=O)[nH]c2=O)cc1. The number of nitrogen functional groups attached to an aromatic ring is 1. The smallest absolute Gasteiger partial charge is 0.330 e. The Morgan fingerprint density at radius 3 is 2.48 bits per heavy atom. The molecule has 0 saturated heterocycles. The van der Waals surface area contributed by atoms with E-state index in [2.05, 4.69) is 18.8 Å². The van der Waals surface area contributed by atoms with E-state index < -0.39 is 11.2 Å². The van der Waals surface area contributed by atoms with Crippen molar-refractivity contribution in [1.82, 2.24) is 9.55 Å². The summed E-state index contributed by atoms with van der Waals surface area (Å²) in [6.45, 7) is 4.24. The number of carbonyl (C=O) groups is 1. The molecule has 0 bridgehead atoms. The van der Waals surface area contributed by atoms with Gasteiger partial charge in [-0.3, -0.25) is 19.1 Å². The number of ketones is 1. The van der Waals surface area contributed by atoms with Gasteiger partial charge in [-0.05, 0) is 36.5 Å². The van der Waals surface area contributed by atoms with Crippen LogP contribution >= 0.6 is 11.8 Å². The van der Waals surface area contributed by atoms with Gasteiger partial charge in [0.05, 0.1) is 5.75 Å². The molecule has 3 rings (SSSR count). The molecular weight excluding hydrogens is 338 g/mol. The number of Topliss-reactive ketones (excluding diaryl/α,β-unsaturated/α-hetero) is 1. The minimum Gasteiger partial charge on any atom is -0.384 e. The number of carbonyl (C=O) groups excluding carboxylic acids is 1. The summed E-state index contributed by atoms with van der Waals surface area (Å²) in [5.41, 5.74) is 5.83. The number of hydrogen-bond donors (Lipinski definition) is 2. The van der Waals surface area contributed by atoms with Crippen LogP contribution in [-0.4, -0.2) is 21.1 Å². The minimum atomic E-state index is -0.708. The lowest BCUT2D eigenvalue weighted by Crippen LogP contribution is -2.36. The van der Waals surface area contributed by atoms with Gasteiger partial charge in [-0.25, -0.2) is 4.79 Å². The van der Waals surface area contributed by atoms with Gasteiger partial charge in [-0.1, -0.05) is 26.0 Å². The molecule has 0 aliphatic heterocycles. The van der Waals surface area contributed by atoms with Crippen molar-refractivity contribution in [3.8, 4) is 0 Å². The van der Waals surface area contributed by atoms with Crippen LogP contribution in [0.15, 0.2) is 38.8 Å². The number of aromatic amines is 1. The molecule has 0 amide bonds. The second kappa shape index (κ2) is 6.92. The third kappa shape index (κ3) is 3.71. The van der Waals surface area contributed by atoms with Crippen LogP contribution < -0.4 is 17.0 Å². The highest BCUT2D eigenvalue weighted by molar-refractivity contribution is 8.00. The first-order valence-electron chi connectivity index (χ1n) is 8.28. The van der Waals surface area contributed by atoms with E-state index in [0.29, 0.717) is 5.92 Å². The second-order valence-electron chi connectivity index (χ2n) is 6.56. The van der Waals surface area contributed by atoms with Crippen LogP contribution in [0.3, 0.4) is 0 Å². The molecule has 1 aliphatic carbocycles. The summed E-state index contributed by atoms with van der Waals surface area (Å²) in [5, 5.41) is 0. The summed E-state index contributed by atoms with van der Waals surface area (Å²) in [6.07, 6.45) is 1.67. The molecule has 25 heavy (non-hydrogen) atoms. The van der Waals surface area contributed by atoms with Crippen molar-refractivity contribution >= 4 is 23.4 Å². The van der Waals surface area contributed by atoms with Crippen LogP contribution in [0.25, 0.3) is 0 Å². The fraction of sp³-hybridized carbons (Fsp3) is 0.389. The number of benzene rings is 1. The third-order valence-corrected chi connectivity index (χ3v) is 5.30. The molecule has 1 heterocycles. The molecule has 1 saturated carbocycles. The maximum absolute atomic E-state index is 12.5. The minimum absolute atomic E-state index is 0.00729. The summed E-state index contributed by atoms with van der Waals surface area (Å²) in [4.78, 5) is 39.6. The number of thioether (sulfide) groups is 1. The fourth-order valence-corrected chi connectivity index (χ4v) is 3.47. The average molecular weight is 359 g/mol. The van der Waals surface area contributed by atoms with Crippen LogP contribution in [0.2, 0.25) is 0 Å². The number of nitrogens with two attached hydrogens (primary N) is 1. The maximum atomic E-state index is 12.5. The van der Waals surface area contributed by atoms with E-state index in [1.165, 1.54) is 21.9 Å². The van der Waals surface area contributed by atoms with Gasteiger partial charge in [0.1, 0.15) is 11.4 Å². The average Bonchev–Trinajstić information content (AvgIpc) is 3.37. The normalized spacial score (nSPS) is 14.0. The third-order valence-electron chi connectivity index (χ3n) is 4.29. The first-order chi connectivity index (χ1) is 11.9. The summed E-state index contributed by atoms with van der Waals surface area (Å²) < 4.78 is 1.33. The van der Waals surface area contributed by atoms with Crippen molar-refractivity contribution in [1.29, 1.82) is 0 Å². The first kappa shape index (κ1) is 17.5. The zero-order valence-corrected chi connectivity index (χ0v) is 15.1. The van der Waals surface area contributed by atoms with E-state index >= 15 is 0 Å². The van der Waals surface area contributed by atoms with Crippen molar-refractivity contribution in [3.63, 3.8) is 0 Å². The van der Waals surface area contributed by atoms with Crippen molar-refractivity contribution < 1.29 is 4.79 Å². The van der Waals surface area contributed by atoms with Gasteiger partial charge in [-0.2, -0.15) is 0 Å². The van der Waals surface area contributed by atoms with E-state index in [0.717, 1.165) is 17.7 Å². The quantitative estimate of drug-likeness (QED) is 0.610. The molecular formula is C18H21N3O3S. The van der Waals surface area contributed by atoms with E-state index in [4.69, 9.17) is 5.73 Å². The lowest BCUT2D eigenvalue weighted by Gasteiger charge is -2.11. The van der Waals surface area contributed by atoms with Crippen molar-refractivity contribution in [2.75, 3.05) is 11.5 Å². The fourth-order valence-electron chi connectivity index (χ4n) is 2.70. The molecule has 2 aromatic rings. The second-order valence-corrected chi connectivity index (χ2v) is 7.61. The summed E-state index contributed by atoms with van der Waals surface area (Å²) >= 11 is 1.35. The Labute approximate surface area is 149 Å². The molecule has 0 unspecified atom stereocenters. The molecule has 1 fully saturated rings. The van der Waals surface area contributed by atoms with Gasteiger partial charge in [0.2, 0.25) is 0 Å². The number of hydrogen-bond acceptors (Lipinski definition) is 5. The van der Waals surface area contributed by atoms with Crippen LogP contribution in [0.1, 0.15) is 54.6 Å². The monoisotopic (exact) mass is 359 g/mol. The molecule has 1 aliphatic rings. The van der Waals surface area contributed by atoms with Crippen molar-refractivity contribution in [3.05, 3.63) is 56.2 Å². The predicted octanol–water partition coefficient (Wildman–Crippen LogP) is 2.55. The summed E-state index contributed by atoms with van der Waals surface area (Å²) in [5.74, 6) is 0.155. The molecule has 7 heteroatoms. The Morgan fingerprint density at radius 1 is 1.28 bits per heavy atom. The summed E-state index contributed by atoms with van der Waals surface area (Å²) in [7, 11) is 0. The Bertz CT molecular complexity index is 909. The molecule has 1 aromatic carbocycles. The molecule has 6 nitrogen and oxygen atoms in total. The summed E-state index contributed by atoms with van der Waals surface area (Å²) in [6, 6.07) is 7.99. The molecule has 0 radical (unpaired) electrons. The highest BCUT2D eigenvalue weighted by atomic mass is 32.2. The van der Waals surface area contributed by atoms with E-state index in [9.17, 15) is 14.4 Å². The zero-order chi connectivity index (χ0) is 18.1. The van der Waals surface area contributed by atoms with Gasteiger partial charge in [0, 0.05) is 10.9 Å². The van der Waals surface area contributed by atoms with Gasteiger partial charge in [-0.15, -0.1) is 11.8 Å². The number of aromatic nitrogens is 2. The Kier molecular flexibility index (Phi) is 4.85. The number of rotatable bonds is 6. The maximum Gasteiger partial charge on any atom is 0.330 e. The van der Waals surface area contributed by atoms with Crippen LogP contribution in [0.4, 0.5) is 5.82 Å². The van der Waals surface area contributed by atoms with E-state index in [1.807, 2.05) is 24.3 Å². The van der Waals surface area contributed by atoms with Gasteiger partial charge < -0.3 is 5.73 Å². The Hall–Kier alpha value is -2.28. The first-order valence-corrected chi connectivity index (χ1v) is 9.27. The molecule has 0 atom stereocenters.